The van der Waals surface area contributed by atoms with E-state index in [-0.39, 0.29) is 24.8 Å². The van der Waals surface area contributed by atoms with Crippen molar-refractivity contribution in [2.45, 2.75) is 20.0 Å². The Morgan fingerprint density at radius 2 is 2.00 bits per heavy atom. The highest BCUT2D eigenvalue weighted by atomic mass is 35.5. The molecule has 0 saturated carbocycles. The molecule has 0 atom stereocenters. The van der Waals surface area contributed by atoms with E-state index >= 15 is 0 Å². The normalized spacial score (nSPS) is 10.5. The summed E-state index contributed by atoms with van der Waals surface area (Å²) in [6.07, 6.45) is 0.0626. The Kier molecular flexibility index (Phi) is 6.67. The largest absolute Gasteiger partial charge is 0.486 e. The fourth-order valence-corrected chi connectivity index (χ4v) is 3.06. The van der Waals surface area contributed by atoms with Crippen molar-refractivity contribution in [3.63, 3.8) is 0 Å². The van der Waals surface area contributed by atoms with E-state index in [0.717, 1.165) is 0 Å². The van der Waals surface area contributed by atoms with Crippen molar-refractivity contribution in [2.75, 3.05) is 11.9 Å². The average molecular weight is 421 g/mol. The first-order valence-electron chi connectivity index (χ1n) is 8.42. The quantitative estimate of drug-likeness (QED) is 0.545. The van der Waals surface area contributed by atoms with Crippen molar-refractivity contribution in [1.29, 1.82) is 0 Å². The van der Waals surface area contributed by atoms with Crippen LogP contribution in [0.3, 0.4) is 0 Å². The van der Waals surface area contributed by atoms with Gasteiger partial charge in [0.15, 0.2) is 10.9 Å². The molecule has 0 bridgehead atoms. The minimum atomic E-state index is -0.435. The molecule has 0 saturated heterocycles. The first-order chi connectivity index (χ1) is 13.5. The summed E-state index contributed by atoms with van der Waals surface area (Å²) in [5.74, 6) is 0.486. The van der Waals surface area contributed by atoms with Gasteiger partial charge >= 0.3 is 5.97 Å². The van der Waals surface area contributed by atoms with Crippen LogP contribution in [-0.4, -0.2) is 23.5 Å². The molecule has 0 fully saturated rings. The zero-order chi connectivity index (χ0) is 19.9. The molecule has 3 aromatic rings. The molecule has 2 aromatic heterocycles. The van der Waals surface area contributed by atoms with Gasteiger partial charge in [-0.3, -0.25) is 14.9 Å². The summed E-state index contributed by atoms with van der Waals surface area (Å²) in [5.41, 5.74) is 0.537. The fourth-order valence-electron chi connectivity index (χ4n) is 2.23. The molecule has 0 radical (unpaired) electrons. The van der Waals surface area contributed by atoms with E-state index in [1.165, 1.54) is 11.3 Å². The molecule has 1 aromatic carbocycles. The SMILES string of the molecule is CCOC(=O)Cc1csc(NC(=O)c2ccc(COc3ccc(Cl)cc3)o2)n1. The van der Waals surface area contributed by atoms with Crippen molar-refractivity contribution < 1.29 is 23.5 Å². The monoisotopic (exact) mass is 420 g/mol. The molecule has 3 rings (SSSR count). The molecular weight excluding hydrogens is 404 g/mol. The molecule has 146 valence electrons. The van der Waals surface area contributed by atoms with Gasteiger partial charge < -0.3 is 13.9 Å². The number of furan rings is 1. The van der Waals surface area contributed by atoms with Crippen LogP contribution in [0.2, 0.25) is 5.02 Å². The van der Waals surface area contributed by atoms with Crippen LogP contribution in [0.1, 0.15) is 28.9 Å². The second kappa shape index (κ2) is 9.38. The van der Waals surface area contributed by atoms with Crippen molar-refractivity contribution >= 4 is 39.9 Å². The minimum absolute atomic E-state index is 0.0626. The van der Waals surface area contributed by atoms with E-state index < -0.39 is 5.91 Å². The number of thiazole rings is 1. The van der Waals surface area contributed by atoms with Crippen molar-refractivity contribution in [3.8, 4) is 5.75 Å². The zero-order valence-electron chi connectivity index (χ0n) is 14.9. The van der Waals surface area contributed by atoms with Gasteiger partial charge in [0.1, 0.15) is 18.1 Å². The number of hydrogen-bond donors (Lipinski definition) is 1. The van der Waals surface area contributed by atoms with Gasteiger partial charge in [0, 0.05) is 10.4 Å². The molecule has 0 spiro atoms. The maximum atomic E-state index is 12.3. The number of hydrogen-bond acceptors (Lipinski definition) is 7. The Bertz CT molecular complexity index is 951. The summed E-state index contributed by atoms with van der Waals surface area (Å²) in [6.45, 7) is 2.23. The third-order valence-corrected chi connectivity index (χ3v) is 4.54. The highest BCUT2D eigenvalue weighted by Gasteiger charge is 2.15. The van der Waals surface area contributed by atoms with Crippen LogP contribution in [0, 0.1) is 0 Å². The number of nitrogens with zero attached hydrogens (tertiary/aromatic N) is 1. The zero-order valence-corrected chi connectivity index (χ0v) is 16.5. The Balaban J connectivity index is 1.53. The number of amides is 1. The minimum Gasteiger partial charge on any atom is -0.486 e. The van der Waals surface area contributed by atoms with Gasteiger partial charge in [0.05, 0.1) is 18.7 Å². The maximum absolute atomic E-state index is 12.3. The molecule has 0 unspecified atom stereocenters. The number of carbonyl (C=O) groups excluding carboxylic acids is 2. The first kappa shape index (κ1) is 19.9. The van der Waals surface area contributed by atoms with Crippen LogP contribution in [-0.2, 0) is 22.6 Å². The van der Waals surface area contributed by atoms with E-state index in [4.69, 9.17) is 25.5 Å². The second-order valence-electron chi connectivity index (χ2n) is 5.59. The molecule has 0 aliphatic carbocycles. The number of carbonyl (C=O) groups is 2. The number of esters is 1. The van der Waals surface area contributed by atoms with Gasteiger partial charge in [-0.1, -0.05) is 11.6 Å². The first-order valence-corrected chi connectivity index (χ1v) is 9.67. The lowest BCUT2D eigenvalue weighted by molar-refractivity contribution is -0.142. The standard InChI is InChI=1S/C19H17ClN2O5S/c1-2-25-17(23)9-13-11-28-19(21-13)22-18(24)16-8-7-15(27-16)10-26-14-5-3-12(20)4-6-14/h3-8,11H,2,9-10H2,1H3,(H,21,22,24). The summed E-state index contributed by atoms with van der Waals surface area (Å²) >= 11 is 7.05. The summed E-state index contributed by atoms with van der Waals surface area (Å²) in [4.78, 5) is 28.0. The van der Waals surface area contributed by atoms with E-state index in [9.17, 15) is 9.59 Å². The third-order valence-electron chi connectivity index (χ3n) is 3.48. The molecule has 0 aliphatic heterocycles. The third kappa shape index (κ3) is 5.58. The Morgan fingerprint density at radius 1 is 1.21 bits per heavy atom. The fraction of sp³-hybridized carbons (Fsp3) is 0.211. The Hall–Kier alpha value is -2.84. The smallest absolute Gasteiger partial charge is 0.311 e. The molecule has 1 N–H and O–H groups in total. The summed E-state index contributed by atoms with van der Waals surface area (Å²) < 4.78 is 16.0. The number of rotatable bonds is 8. The van der Waals surface area contributed by atoms with Gasteiger partial charge in [0.25, 0.3) is 5.91 Å². The van der Waals surface area contributed by atoms with E-state index in [0.29, 0.717) is 34.0 Å². The number of anilines is 1. The summed E-state index contributed by atoms with van der Waals surface area (Å²) in [6, 6.07) is 10.2. The van der Waals surface area contributed by atoms with Gasteiger partial charge in [-0.2, -0.15) is 0 Å². The highest BCUT2D eigenvalue weighted by Crippen LogP contribution is 2.20. The number of ether oxygens (including phenoxy) is 2. The molecule has 0 aliphatic rings. The van der Waals surface area contributed by atoms with Crippen molar-refractivity contribution in [2.24, 2.45) is 0 Å². The van der Waals surface area contributed by atoms with Gasteiger partial charge in [-0.05, 0) is 43.3 Å². The Labute approximate surface area is 170 Å². The van der Waals surface area contributed by atoms with Gasteiger partial charge in [-0.15, -0.1) is 11.3 Å². The van der Waals surface area contributed by atoms with E-state index in [2.05, 4.69) is 10.3 Å². The maximum Gasteiger partial charge on any atom is 0.311 e. The lowest BCUT2D eigenvalue weighted by atomic mass is 10.3. The lowest BCUT2D eigenvalue weighted by Crippen LogP contribution is -2.11. The number of nitrogens with one attached hydrogen (secondary N) is 1. The van der Waals surface area contributed by atoms with Crippen LogP contribution >= 0.6 is 22.9 Å². The molecular formula is C19H17ClN2O5S. The molecule has 2 heterocycles. The topological polar surface area (TPSA) is 90.7 Å². The van der Waals surface area contributed by atoms with Gasteiger partial charge in [0.2, 0.25) is 0 Å². The van der Waals surface area contributed by atoms with Crippen LogP contribution in [0.15, 0.2) is 46.2 Å². The lowest BCUT2D eigenvalue weighted by Gasteiger charge is -2.04. The van der Waals surface area contributed by atoms with Crippen molar-refractivity contribution in [3.05, 3.63) is 64.0 Å². The molecule has 7 nitrogen and oxygen atoms in total. The van der Waals surface area contributed by atoms with Crippen LogP contribution in [0.5, 0.6) is 5.75 Å². The summed E-state index contributed by atoms with van der Waals surface area (Å²) in [7, 11) is 0. The molecule has 9 heteroatoms. The average Bonchev–Trinajstić information content (AvgIpc) is 3.31. The Morgan fingerprint density at radius 3 is 2.75 bits per heavy atom. The predicted molar refractivity (Wildman–Crippen MR) is 105 cm³/mol. The number of benzene rings is 1. The number of aromatic nitrogens is 1. The van der Waals surface area contributed by atoms with Gasteiger partial charge in [-0.25, -0.2) is 4.98 Å². The second-order valence-corrected chi connectivity index (χ2v) is 6.88. The van der Waals surface area contributed by atoms with Crippen LogP contribution < -0.4 is 10.1 Å². The predicted octanol–water partition coefficient (Wildman–Crippen LogP) is 4.33. The van der Waals surface area contributed by atoms with E-state index in [1.807, 2.05) is 0 Å². The molecule has 28 heavy (non-hydrogen) atoms. The molecule has 1 amide bonds. The van der Waals surface area contributed by atoms with Crippen molar-refractivity contribution in [1.82, 2.24) is 4.98 Å². The van der Waals surface area contributed by atoms with E-state index in [1.54, 1.807) is 48.7 Å². The highest BCUT2D eigenvalue weighted by molar-refractivity contribution is 7.14. The summed E-state index contributed by atoms with van der Waals surface area (Å²) in [5, 5.41) is 5.34. The van der Waals surface area contributed by atoms with Crippen LogP contribution in [0.25, 0.3) is 0 Å². The number of halogens is 1. The van der Waals surface area contributed by atoms with Crippen LogP contribution in [0.4, 0.5) is 5.13 Å².